The number of hydrogen-bond acceptors (Lipinski definition) is 6. The Hall–Kier alpha value is -5.04. The first-order valence-electron chi connectivity index (χ1n) is 23.9. The third kappa shape index (κ3) is 13.5. The van der Waals surface area contributed by atoms with Gasteiger partial charge in [-0.2, -0.15) is 0 Å². The van der Waals surface area contributed by atoms with E-state index in [4.69, 9.17) is 18.9 Å². The summed E-state index contributed by atoms with van der Waals surface area (Å²) in [5.41, 5.74) is 8.79. The maximum atomic E-state index is 12.2. The molecule has 0 radical (unpaired) electrons. The predicted molar refractivity (Wildman–Crippen MR) is 261 cm³/mol. The van der Waals surface area contributed by atoms with Gasteiger partial charge < -0.3 is 18.9 Å². The van der Waals surface area contributed by atoms with Crippen molar-refractivity contribution in [2.75, 3.05) is 0 Å². The summed E-state index contributed by atoms with van der Waals surface area (Å²) < 4.78 is 24.6. The van der Waals surface area contributed by atoms with Gasteiger partial charge in [0.1, 0.15) is 12.2 Å². The Kier molecular flexibility index (Phi) is 17.2. The van der Waals surface area contributed by atoms with Gasteiger partial charge in [0, 0.05) is 0 Å². The highest BCUT2D eigenvalue weighted by atomic mass is 16.6. The van der Waals surface area contributed by atoms with E-state index < -0.39 is 5.60 Å². The van der Waals surface area contributed by atoms with E-state index >= 15 is 0 Å². The van der Waals surface area contributed by atoms with Crippen molar-refractivity contribution in [3.63, 3.8) is 0 Å². The van der Waals surface area contributed by atoms with Crippen LogP contribution in [0.3, 0.4) is 0 Å². The molecule has 6 nitrogen and oxygen atoms in total. The van der Waals surface area contributed by atoms with Crippen LogP contribution >= 0.6 is 0 Å². The SMILES string of the molecule is CCC(C)C(=O)OC1CCC(OC(C)(C)c2cc(-c3ccccc3)cc(-c3ccccc3)c2)CC1.CCC(C)C(=O)OC1CCC(OC(C)(C)c2ccc(-c3ccccc3)cc2)CC1. The zero-order chi connectivity index (χ0) is 45.7. The first kappa shape index (κ1) is 48.4. The quantitative estimate of drug-likeness (QED) is 0.0977. The van der Waals surface area contributed by atoms with Gasteiger partial charge in [0.2, 0.25) is 0 Å². The summed E-state index contributed by atoms with van der Waals surface area (Å²) >= 11 is 0. The Bertz CT molecular complexity index is 2120. The van der Waals surface area contributed by atoms with Crippen LogP contribution in [-0.2, 0) is 39.7 Å². The monoisotopic (exact) mass is 865 g/mol. The first-order valence-corrected chi connectivity index (χ1v) is 23.9. The zero-order valence-electron chi connectivity index (χ0n) is 39.7. The van der Waals surface area contributed by atoms with Crippen LogP contribution in [0.25, 0.3) is 33.4 Å². The van der Waals surface area contributed by atoms with Crippen molar-refractivity contribution in [2.24, 2.45) is 11.8 Å². The average Bonchev–Trinajstić information content (AvgIpc) is 3.33. The second kappa shape index (κ2) is 22.7. The largest absolute Gasteiger partial charge is 0.462 e. The van der Waals surface area contributed by atoms with Crippen LogP contribution in [0.5, 0.6) is 0 Å². The van der Waals surface area contributed by atoms with E-state index in [1.54, 1.807) is 0 Å². The van der Waals surface area contributed by atoms with Gasteiger partial charge in [-0.05, 0) is 155 Å². The van der Waals surface area contributed by atoms with Gasteiger partial charge in [-0.15, -0.1) is 0 Å². The van der Waals surface area contributed by atoms with Crippen LogP contribution in [0.4, 0.5) is 0 Å². The second-order valence-electron chi connectivity index (χ2n) is 19.0. The summed E-state index contributed by atoms with van der Waals surface area (Å²) in [4.78, 5) is 24.2. The zero-order valence-corrected chi connectivity index (χ0v) is 39.7. The molecule has 0 amide bonds. The molecule has 5 aromatic carbocycles. The summed E-state index contributed by atoms with van der Waals surface area (Å²) in [7, 11) is 0. The fraction of sp³-hybridized carbons (Fsp3) is 0.448. The van der Waals surface area contributed by atoms with E-state index in [1.807, 2.05) is 33.8 Å². The van der Waals surface area contributed by atoms with Crippen LogP contribution in [0.2, 0.25) is 0 Å². The standard InChI is InChI=1S/C32H38O3.C26H34O3/c1-5-23(2)31(33)34-29-16-18-30(19-17-29)35-32(3,4)28-21-26(24-12-8-6-9-13-24)20-27(22-28)25-14-10-7-11-15-25;1-5-19(2)25(27)28-23-15-17-24(18-16-23)29-26(3,4)22-13-11-21(12-14-22)20-9-7-6-8-10-20/h6-15,20-23,29-30H,5,16-19H2,1-4H3;6-14,19,23-24H,5,15-18H2,1-4H3. The topological polar surface area (TPSA) is 71.1 Å². The minimum absolute atomic E-state index is 0.0123. The minimum atomic E-state index is -0.445. The molecular weight excluding hydrogens is 793 g/mol. The third-order valence-corrected chi connectivity index (χ3v) is 13.3. The summed E-state index contributed by atoms with van der Waals surface area (Å²) in [6, 6.07) is 46.9. The van der Waals surface area contributed by atoms with Crippen molar-refractivity contribution in [1.29, 1.82) is 0 Å². The Labute approximate surface area is 384 Å². The molecule has 2 aliphatic carbocycles. The minimum Gasteiger partial charge on any atom is -0.462 e. The van der Waals surface area contributed by atoms with Gasteiger partial charge in [-0.1, -0.05) is 143 Å². The third-order valence-electron chi connectivity index (χ3n) is 13.3. The summed E-state index contributed by atoms with van der Waals surface area (Å²) in [5.74, 6) is -0.167. The maximum absolute atomic E-state index is 12.2. The number of carbonyl (C=O) groups excluding carboxylic acids is 2. The molecule has 0 aromatic heterocycles. The molecule has 6 heteroatoms. The molecular formula is C58H72O6. The van der Waals surface area contributed by atoms with E-state index in [1.165, 1.54) is 44.5 Å². The molecule has 340 valence electrons. The Morgan fingerprint density at radius 3 is 1.11 bits per heavy atom. The molecule has 2 atom stereocenters. The summed E-state index contributed by atoms with van der Waals surface area (Å²) in [5, 5.41) is 0. The number of benzene rings is 5. The van der Waals surface area contributed by atoms with Crippen LogP contribution < -0.4 is 0 Å². The average molecular weight is 865 g/mol. The van der Waals surface area contributed by atoms with Crippen molar-refractivity contribution < 1.29 is 28.5 Å². The molecule has 0 N–H and O–H groups in total. The van der Waals surface area contributed by atoms with Gasteiger partial charge >= 0.3 is 11.9 Å². The van der Waals surface area contributed by atoms with Gasteiger partial charge in [-0.3, -0.25) is 9.59 Å². The Morgan fingerprint density at radius 2 is 0.750 bits per heavy atom. The molecule has 0 spiro atoms. The smallest absolute Gasteiger partial charge is 0.308 e. The van der Waals surface area contributed by atoms with Gasteiger partial charge in [-0.25, -0.2) is 0 Å². The molecule has 2 fully saturated rings. The first-order chi connectivity index (χ1) is 30.7. The van der Waals surface area contributed by atoms with Crippen LogP contribution in [-0.4, -0.2) is 36.4 Å². The highest BCUT2D eigenvalue weighted by Crippen LogP contribution is 2.38. The highest BCUT2D eigenvalue weighted by molar-refractivity contribution is 5.75. The van der Waals surface area contributed by atoms with E-state index in [2.05, 4.69) is 155 Å². The lowest BCUT2D eigenvalue weighted by atomic mass is 9.88. The molecule has 2 unspecified atom stereocenters. The lowest BCUT2D eigenvalue weighted by molar-refractivity contribution is -0.159. The summed E-state index contributed by atoms with van der Waals surface area (Å²) in [6.07, 6.45) is 9.26. The van der Waals surface area contributed by atoms with Crippen molar-refractivity contribution in [1.82, 2.24) is 0 Å². The highest BCUT2D eigenvalue weighted by Gasteiger charge is 2.33. The maximum Gasteiger partial charge on any atom is 0.308 e. The number of esters is 2. The van der Waals surface area contributed by atoms with Gasteiger partial charge in [0.25, 0.3) is 0 Å². The molecule has 2 aliphatic rings. The fourth-order valence-electron chi connectivity index (χ4n) is 8.66. The van der Waals surface area contributed by atoms with Crippen molar-refractivity contribution in [3.05, 3.63) is 145 Å². The molecule has 64 heavy (non-hydrogen) atoms. The van der Waals surface area contributed by atoms with E-state index in [-0.39, 0.29) is 53.8 Å². The predicted octanol–water partition coefficient (Wildman–Crippen LogP) is 14.7. The number of ether oxygens (including phenoxy) is 4. The molecule has 0 bridgehead atoms. The van der Waals surface area contributed by atoms with Crippen LogP contribution in [0, 0.1) is 11.8 Å². The molecule has 7 rings (SSSR count). The normalized spacial score (nSPS) is 19.9. The van der Waals surface area contributed by atoms with E-state index in [0.29, 0.717) is 0 Å². The molecule has 0 heterocycles. The molecule has 5 aromatic rings. The van der Waals surface area contributed by atoms with Gasteiger partial charge in [0.15, 0.2) is 0 Å². The molecule has 0 aliphatic heterocycles. The summed E-state index contributed by atoms with van der Waals surface area (Å²) in [6.45, 7) is 16.5. The Balaban J connectivity index is 0.000000216. The number of rotatable bonds is 15. The fourth-order valence-corrected chi connectivity index (χ4v) is 8.66. The lowest BCUT2D eigenvalue weighted by Crippen LogP contribution is -2.34. The Morgan fingerprint density at radius 1 is 0.438 bits per heavy atom. The second-order valence-corrected chi connectivity index (χ2v) is 19.0. The van der Waals surface area contributed by atoms with E-state index in [0.717, 1.165) is 64.2 Å². The van der Waals surface area contributed by atoms with Gasteiger partial charge in [0.05, 0.1) is 35.2 Å². The van der Waals surface area contributed by atoms with Crippen LogP contribution in [0.1, 0.15) is 131 Å². The number of carbonyl (C=O) groups is 2. The lowest BCUT2D eigenvalue weighted by Gasteiger charge is -2.36. The molecule has 0 saturated heterocycles. The molecule has 2 saturated carbocycles. The van der Waals surface area contributed by atoms with Crippen molar-refractivity contribution in [3.8, 4) is 33.4 Å². The van der Waals surface area contributed by atoms with Crippen molar-refractivity contribution in [2.45, 2.75) is 155 Å². The van der Waals surface area contributed by atoms with Crippen molar-refractivity contribution >= 4 is 11.9 Å². The number of hydrogen-bond donors (Lipinski definition) is 0. The van der Waals surface area contributed by atoms with E-state index in [9.17, 15) is 9.59 Å². The van der Waals surface area contributed by atoms with Crippen LogP contribution in [0.15, 0.2) is 133 Å².